The second-order valence-electron chi connectivity index (χ2n) is 6.62. The fourth-order valence-electron chi connectivity index (χ4n) is 3.25. The number of pyridine rings is 2. The molecule has 3 rings (SSSR count). The molecule has 0 saturated carbocycles. The predicted octanol–water partition coefficient (Wildman–Crippen LogP) is 1.36. The molecule has 148 valence electrons. The molecule has 8 heteroatoms. The number of likely N-dealkylation sites (tertiary alicyclic amines) is 1. The molecular formula is C20H25N5O3. The van der Waals surface area contributed by atoms with E-state index in [1.54, 1.807) is 30.5 Å². The Morgan fingerprint density at radius 2 is 2.32 bits per heavy atom. The van der Waals surface area contributed by atoms with Crippen molar-refractivity contribution in [2.45, 2.75) is 18.9 Å². The number of nitrogens with two attached hydrogens (primary N) is 1. The summed E-state index contributed by atoms with van der Waals surface area (Å²) in [4.78, 5) is 33.1. The smallest absolute Gasteiger partial charge is 0.271 e. The van der Waals surface area contributed by atoms with Gasteiger partial charge in [0.2, 0.25) is 11.8 Å². The molecule has 3 heterocycles. The lowest BCUT2D eigenvalue weighted by Gasteiger charge is -2.33. The van der Waals surface area contributed by atoms with Crippen molar-refractivity contribution < 1.29 is 9.53 Å². The van der Waals surface area contributed by atoms with Gasteiger partial charge in [0.25, 0.3) is 5.56 Å². The van der Waals surface area contributed by atoms with Gasteiger partial charge in [-0.05, 0) is 30.5 Å². The van der Waals surface area contributed by atoms with Crippen molar-refractivity contribution in [2.24, 2.45) is 5.73 Å². The second kappa shape index (κ2) is 9.18. The molecule has 1 amide bonds. The minimum Gasteiger partial charge on any atom is -0.481 e. The summed E-state index contributed by atoms with van der Waals surface area (Å²) in [5.41, 5.74) is 7.42. The Balaban J connectivity index is 1.75. The van der Waals surface area contributed by atoms with Crippen molar-refractivity contribution in [3.8, 4) is 17.0 Å². The summed E-state index contributed by atoms with van der Waals surface area (Å²) < 4.78 is 5.16. The van der Waals surface area contributed by atoms with Crippen molar-refractivity contribution in [3.63, 3.8) is 0 Å². The predicted molar refractivity (Wildman–Crippen MR) is 108 cm³/mol. The SMILES string of the molecule is COc1cc(-c2c[nH]c(=O)c(NC3CCCN(C(=O)C=CCN)C3)c2)ccn1. The number of nitrogens with zero attached hydrogens (tertiary/aromatic N) is 2. The fourth-order valence-corrected chi connectivity index (χ4v) is 3.25. The number of aromatic amines is 1. The first kappa shape index (κ1) is 19.6. The Bertz CT molecular complexity index is 909. The first-order chi connectivity index (χ1) is 13.6. The average Bonchev–Trinajstić information content (AvgIpc) is 2.73. The Morgan fingerprint density at radius 3 is 3.11 bits per heavy atom. The number of rotatable bonds is 6. The normalized spacial score (nSPS) is 16.9. The van der Waals surface area contributed by atoms with Crippen LogP contribution in [-0.2, 0) is 4.79 Å². The third kappa shape index (κ3) is 4.77. The van der Waals surface area contributed by atoms with Gasteiger partial charge < -0.3 is 25.7 Å². The fraction of sp³-hybridized carbons (Fsp3) is 0.350. The number of carbonyl (C=O) groups excluding carboxylic acids is 1. The second-order valence-corrected chi connectivity index (χ2v) is 6.62. The van der Waals surface area contributed by atoms with Crippen molar-refractivity contribution in [1.29, 1.82) is 0 Å². The summed E-state index contributed by atoms with van der Waals surface area (Å²) in [5.74, 6) is 0.452. The summed E-state index contributed by atoms with van der Waals surface area (Å²) in [6.45, 7) is 1.59. The van der Waals surface area contributed by atoms with Crippen LogP contribution in [0.2, 0.25) is 0 Å². The largest absolute Gasteiger partial charge is 0.481 e. The quantitative estimate of drug-likeness (QED) is 0.649. The number of amides is 1. The average molecular weight is 383 g/mol. The Labute approximate surface area is 163 Å². The molecule has 1 saturated heterocycles. The maximum Gasteiger partial charge on any atom is 0.271 e. The van der Waals surface area contributed by atoms with Crippen LogP contribution in [0.25, 0.3) is 11.1 Å². The van der Waals surface area contributed by atoms with Gasteiger partial charge in [0.15, 0.2) is 0 Å². The molecule has 1 aliphatic rings. The first-order valence-corrected chi connectivity index (χ1v) is 9.26. The molecule has 1 aliphatic heterocycles. The van der Waals surface area contributed by atoms with E-state index < -0.39 is 0 Å². The molecule has 0 bridgehead atoms. The summed E-state index contributed by atoms with van der Waals surface area (Å²) in [6, 6.07) is 5.47. The van der Waals surface area contributed by atoms with E-state index in [1.165, 1.54) is 6.08 Å². The van der Waals surface area contributed by atoms with Crippen LogP contribution < -0.4 is 21.3 Å². The lowest BCUT2D eigenvalue weighted by Crippen LogP contribution is -2.45. The lowest BCUT2D eigenvalue weighted by atomic mass is 10.0. The van der Waals surface area contributed by atoms with Crippen LogP contribution in [0.4, 0.5) is 5.69 Å². The van der Waals surface area contributed by atoms with E-state index in [2.05, 4.69) is 15.3 Å². The molecule has 4 N–H and O–H groups in total. The molecule has 0 aromatic carbocycles. The minimum atomic E-state index is -0.198. The summed E-state index contributed by atoms with van der Waals surface area (Å²) in [5, 5.41) is 3.30. The van der Waals surface area contributed by atoms with Crippen LogP contribution >= 0.6 is 0 Å². The van der Waals surface area contributed by atoms with Crippen molar-refractivity contribution >= 4 is 11.6 Å². The van der Waals surface area contributed by atoms with E-state index in [4.69, 9.17) is 10.5 Å². The molecule has 0 radical (unpaired) electrons. The third-order valence-corrected chi connectivity index (χ3v) is 4.67. The molecule has 2 aromatic heterocycles. The van der Waals surface area contributed by atoms with Gasteiger partial charge in [0, 0.05) is 55.8 Å². The number of H-pyrrole nitrogens is 1. The number of aromatic nitrogens is 2. The van der Waals surface area contributed by atoms with Crippen molar-refractivity contribution in [3.05, 3.63) is 53.1 Å². The molecular weight excluding hydrogens is 358 g/mol. The molecule has 0 spiro atoms. The highest BCUT2D eigenvalue weighted by Crippen LogP contribution is 2.23. The van der Waals surface area contributed by atoms with E-state index in [0.717, 1.165) is 24.0 Å². The number of ether oxygens (including phenoxy) is 1. The summed E-state index contributed by atoms with van der Waals surface area (Å²) in [7, 11) is 1.56. The highest BCUT2D eigenvalue weighted by atomic mass is 16.5. The van der Waals surface area contributed by atoms with Crippen LogP contribution in [0.3, 0.4) is 0 Å². The number of methoxy groups -OCH3 is 1. The van der Waals surface area contributed by atoms with Crippen LogP contribution in [-0.4, -0.2) is 53.6 Å². The zero-order valence-corrected chi connectivity index (χ0v) is 15.9. The highest BCUT2D eigenvalue weighted by Gasteiger charge is 2.23. The zero-order chi connectivity index (χ0) is 19.9. The van der Waals surface area contributed by atoms with Gasteiger partial charge >= 0.3 is 0 Å². The zero-order valence-electron chi connectivity index (χ0n) is 15.9. The monoisotopic (exact) mass is 383 g/mol. The van der Waals surface area contributed by atoms with Crippen LogP contribution in [0.1, 0.15) is 12.8 Å². The van der Waals surface area contributed by atoms with E-state index in [-0.39, 0.29) is 17.5 Å². The van der Waals surface area contributed by atoms with Gasteiger partial charge in [-0.25, -0.2) is 4.98 Å². The first-order valence-electron chi connectivity index (χ1n) is 9.26. The van der Waals surface area contributed by atoms with Crippen LogP contribution in [0.15, 0.2) is 47.5 Å². The van der Waals surface area contributed by atoms with Crippen LogP contribution in [0, 0.1) is 0 Å². The molecule has 28 heavy (non-hydrogen) atoms. The van der Waals surface area contributed by atoms with Gasteiger partial charge in [0.1, 0.15) is 5.69 Å². The van der Waals surface area contributed by atoms with Gasteiger partial charge in [-0.15, -0.1) is 0 Å². The Hall–Kier alpha value is -3.13. The third-order valence-electron chi connectivity index (χ3n) is 4.67. The van der Waals surface area contributed by atoms with Crippen molar-refractivity contribution in [2.75, 3.05) is 32.1 Å². The Morgan fingerprint density at radius 1 is 1.46 bits per heavy atom. The van der Waals surface area contributed by atoms with Crippen LogP contribution in [0.5, 0.6) is 5.88 Å². The molecule has 0 aliphatic carbocycles. The van der Waals surface area contributed by atoms with Crippen molar-refractivity contribution in [1.82, 2.24) is 14.9 Å². The van der Waals surface area contributed by atoms with E-state index >= 15 is 0 Å². The lowest BCUT2D eigenvalue weighted by molar-refractivity contribution is -0.127. The number of hydrogen-bond acceptors (Lipinski definition) is 6. The number of nitrogens with one attached hydrogen (secondary N) is 2. The number of piperidine rings is 1. The van der Waals surface area contributed by atoms with E-state index in [9.17, 15) is 9.59 Å². The molecule has 1 fully saturated rings. The molecule has 1 unspecified atom stereocenters. The van der Waals surface area contributed by atoms with Gasteiger partial charge in [-0.2, -0.15) is 0 Å². The van der Waals surface area contributed by atoms with E-state index in [1.807, 2.05) is 18.2 Å². The van der Waals surface area contributed by atoms with E-state index in [0.29, 0.717) is 31.2 Å². The Kier molecular flexibility index (Phi) is 6.44. The van der Waals surface area contributed by atoms with Gasteiger partial charge in [0.05, 0.1) is 7.11 Å². The standard InChI is InChI=1S/C20H25N5O3/c1-28-18-11-14(6-8-22-18)15-10-17(20(27)23-12-15)24-16-4-3-9-25(13-16)19(26)5-2-7-21/h2,5-6,8,10-12,16,24H,3-4,7,9,13,21H2,1H3,(H,23,27). The van der Waals surface area contributed by atoms with Gasteiger partial charge in [-0.1, -0.05) is 6.08 Å². The molecule has 1 atom stereocenters. The maximum atomic E-state index is 12.3. The van der Waals surface area contributed by atoms with Gasteiger partial charge in [-0.3, -0.25) is 9.59 Å². The number of hydrogen-bond donors (Lipinski definition) is 3. The summed E-state index contributed by atoms with van der Waals surface area (Å²) in [6.07, 6.45) is 8.24. The molecule has 2 aromatic rings. The summed E-state index contributed by atoms with van der Waals surface area (Å²) >= 11 is 0. The minimum absolute atomic E-state index is 0.00676. The number of anilines is 1. The topological polar surface area (TPSA) is 113 Å². The highest BCUT2D eigenvalue weighted by molar-refractivity contribution is 5.87. The number of carbonyl (C=O) groups is 1. The molecule has 8 nitrogen and oxygen atoms in total. The maximum absolute atomic E-state index is 12.3.